The van der Waals surface area contributed by atoms with Crippen molar-refractivity contribution in [2.45, 2.75) is 13.2 Å². The van der Waals surface area contributed by atoms with Gasteiger partial charge in [0.2, 0.25) is 0 Å². The molecular weight excluding hydrogens is 446 g/mol. The fourth-order valence-corrected chi connectivity index (χ4v) is 3.40. The maximum absolute atomic E-state index is 12.7. The van der Waals surface area contributed by atoms with Crippen molar-refractivity contribution in [3.8, 4) is 5.75 Å². The van der Waals surface area contributed by atoms with E-state index >= 15 is 0 Å². The number of halogens is 1. The van der Waals surface area contributed by atoms with E-state index in [2.05, 4.69) is 5.32 Å². The molecule has 0 spiro atoms. The summed E-state index contributed by atoms with van der Waals surface area (Å²) in [5.41, 5.74) is 1.78. The van der Waals surface area contributed by atoms with Gasteiger partial charge in [0.05, 0.1) is 11.5 Å². The van der Waals surface area contributed by atoms with Gasteiger partial charge in [0.1, 0.15) is 12.3 Å². The Labute approximate surface area is 194 Å². The topological polar surface area (TPSA) is 102 Å². The van der Waals surface area contributed by atoms with Gasteiger partial charge in [-0.2, -0.15) is 0 Å². The summed E-state index contributed by atoms with van der Waals surface area (Å²) in [5, 5.41) is 14.6. The molecule has 0 radical (unpaired) electrons. The molecule has 3 aromatic rings. The molecule has 4 rings (SSSR count). The molecule has 3 amide bonds. The highest BCUT2D eigenvalue weighted by Crippen LogP contribution is 2.30. The van der Waals surface area contributed by atoms with Gasteiger partial charge < -0.3 is 10.1 Å². The number of nitro benzene ring substituents is 1. The summed E-state index contributed by atoms with van der Waals surface area (Å²) in [4.78, 5) is 37.1. The van der Waals surface area contributed by atoms with Crippen LogP contribution in [0.5, 0.6) is 5.75 Å². The number of nitrogens with zero attached hydrogens (tertiary/aromatic N) is 2. The molecule has 1 fully saturated rings. The van der Waals surface area contributed by atoms with Crippen LogP contribution in [0.15, 0.2) is 78.5 Å². The SMILES string of the molecule is O=C1N/C(=C\c2ccc(OCc3ccccc3)c([N+](=O)[O-])c2)C(=O)N1Cc1ccc(Cl)cc1. The van der Waals surface area contributed by atoms with Crippen LogP contribution >= 0.6 is 11.6 Å². The second-order valence-electron chi connectivity index (χ2n) is 7.26. The number of urea groups is 1. The molecule has 0 bridgehead atoms. The summed E-state index contributed by atoms with van der Waals surface area (Å²) in [7, 11) is 0. The Morgan fingerprint density at radius 1 is 1.00 bits per heavy atom. The van der Waals surface area contributed by atoms with Crippen molar-refractivity contribution in [3.63, 3.8) is 0 Å². The lowest BCUT2D eigenvalue weighted by molar-refractivity contribution is -0.386. The summed E-state index contributed by atoms with van der Waals surface area (Å²) in [6.45, 7) is 0.252. The van der Waals surface area contributed by atoms with E-state index in [1.165, 1.54) is 18.2 Å². The molecule has 1 aliphatic heterocycles. The largest absolute Gasteiger partial charge is 0.482 e. The Balaban J connectivity index is 1.52. The fraction of sp³-hybridized carbons (Fsp3) is 0.0833. The summed E-state index contributed by atoms with van der Waals surface area (Å²) >= 11 is 5.87. The van der Waals surface area contributed by atoms with Gasteiger partial charge in [-0.1, -0.05) is 60.1 Å². The van der Waals surface area contributed by atoms with Crippen LogP contribution in [0, 0.1) is 10.1 Å². The number of ether oxygens (including phenoxy) is 1. The zero-order valence-corrected chi connectivity index (χ0v) is 18.0. The Bertz CT molecular complexity index is 1240. The lowest BCUT2D eigenvalue weighted by Gasteiger charge is -2.11. The Morgan fingerprint density at radius 2 is 1.73 bits per heavy atom. The Morgan fingerprint density at radius 3 is 2.42 bits per heavy atom. The molecule has 0 aromatic heterocycles. The van der Waals surface area contributed by atoms with E-state index in [0.717, 1.165) is 16.0 Å². The van der Waals surface area contributed by atoms with Crippen LogP contribution in [0.25, 0.3) is 6.08 Å². The molecule has 1 aliphatic rings. The minimum absolute atomic E-state index is 0.0289. The van der Waals surface area contributed by atoms with Crippen molar-refractivity contribution in [2.24, 2.45) is 0 Å². The predicted octanol–water partition coefficient (Wildman–Crippen LogP) is 4.92. The van der Waals surface area contributed by atoms with E-state index in [4.69, 9.17) is 16.3 Å². The van der Waals surface area contributed by atoms with Crippen molar-refractivity contribution in [1.82, 2.24) is 10.2 Å². The van der Waals surface area contributed by atoms with Crippen molar-refractivity contribution >= 4 is 35.3 Å². The van der Waals surface area contributed by atoms with Gasteiger partial charge in [0.15, 0.2) is 5.75 Å². The van der Waals surface area contributed by atoms with E-state index in [1.54, 1.807) is 30.3 Å². The first kappa shape index (κ1) is 22.0. The van der Waals surface area contributed by atoms with Crippen LogP contribution in [0.1, 0.15) is 16.7 Å². The molecule has 9 heteroatoms. The minimum Gasteiger partial charge on any atom is -0.482 e. The van der Waals surface area contributed by atoms with Gasteiger partial charge in [-0.15, -0.1) is 0 Å². The van der Waals surface area contributed by atoms with Crippen LogP contribution in [0.4, 0.5) is 10.5 Å². The first-order chi connectivity index (χ1) is 15.9. The molecule has 1 saturated heterocycles. The molecule has 166 valence electrons. The molecule has 0 saturated carbocycles. The number of hydrogen-bond donors (Lipinski definition) is 1. The molecular formula is C24H18ClN3O5. The van der Waals surface area contributed by atoms with Crippen LogP contribution in [-0.4, -0.2) is 21.8 Å². The van der Waals surface area contributed by atoms with E-state index in [9.17, 15) is 19.7 Å². The number of amides is 3. The van der Waals surface area contributed by atoms with Crippen molar-refractivity contribution in [3.05, 3.63) is 110 Å². The quantitative estimate of drug-likeness (QED) is 0.232. The third kappa shape index (κ3) is 5.19. The van der Waals surface area contributed by atoms with Crippen LogP contribution < -0.4 is 10.1 Å². The molecule has 1 N–H and O–H groups in total. The van der Waals surface area contributed by atoms with Crippen LogP contribution in [0.3, 0.4) is 0 Å². The molecule has 1 heterocycles. The van der Waals surface area contributed by atoms with Crippen LogP contribution in [0.2, 0.25) is 5.02 Å². The number of nitro groups is 1. The lowest BCUT2D eigenvalue weighted by Crippen LogP contribution is -2.30. The number of rotatable bonds is 7. The Hall–Kier alpha value is -4.17. The molecule has 0 atom stereocenters. The van der Waals surface area contributed by atoms with Gasteiger partial charge in [-0.05, 0) is 41.0 Å². The summed E-state index contributed by atoms with van der Waals surface area (Å²) in [6.07, 6.45) is 1.40. The molecule has 33 heavy (non-hydrogen) atoms. The highest BCUT2D eigenvalue weighted by atomic mass is 35.5. The minimum atomic E-state index is -0.571. The fourth-order valence-electron chi connectivity index (χ4n) is 3.28. The Kier molecular flexibility index (Phi) is 6.37. The average molecular weight is 464 g/mol. The number of benzene rings is 3. The molecule has 0 aliphatic carbocycles. The van der Waals surface area contributed by atoms with Gasteiger partial charge >= 0.3 is 11.7 Å². The van der Waals surface area contributed by atoms with Crippen molar-refractivity contribution in [2.75, 3.05) is 0 Å². The van der Waals surface area contributed by atoms with Crippen LogP contribution in [-0.2, 0) is 17.9 Å². The van der Waals surface area contributed by atoms with E-state index in [-0.39, 0.29) is 30.3 Å². The molecule has 0 unspecified atom stereocenters. The van der Waals surface area contributed by atoms with E-state index < -0.39 is 16.9 Å². The monoisotopic (exact) mass is 463 g/mol. The number of nitrogens with one attached hydrogen (secondary N) is 1. The highest BCUT2D eigenvalue weighted by molar-refractivity contribution is 6.30. The van der Waals surface area contributed by atoms with Gasteiger partial charge in [-0.3, -0.25) is 19.8 Å². The molecule has 8 nitrogen and oxygen atoms in total. The molecule has 3 aromatic carbocycles. The third-order valence-electron chi connectivity index (χ3n) is 4.94. The zero-order valence-electron chi connectivity index (χ0n) is 17.2. The van der Waals surface area contributed by atoms with Crippen molar-refractivity contribution in [1.29, 1.82) is 0 Å². The predicted molar refractivity (Wildman–Crippen MR) is 122 cm³/mol. The maximum atomic E-state index is 12.7. The lowest BCUT2D eigenvalue weighted by atomic mass is 10.1. The van der Waals surface area contributed by atoms with Gasteiger partial charge in [0, 0.05) is 11.1 Å². The van der Waals surface area contributed by atoms with Gasteiger partial charge in [-0.25, -0.2) is 4.79 Å². The summed E-state index contributed by atoms with van der Waals surface area (Å²) < 4.78 is 5.62. The number of imide groups is 1. The van der Waals surface area contributed by atoms with Gasteiger partial charge in [0.25, 0.3) is 5.91 Å². The number of hydrogen-bond acceptors (Lipinski definition) is 5. The first-order valence-corrected chi connectivity index (χ1v) is 10.3. The second-order valence-corrected chi connectivity index (χ2v) is 7.70. The number of carbonyl (C=O) groups is 2. The van der Waals surface area contributed by atoms with E-state index in [1.807, 2.05) is 30.3 Å². The summed E-state index contributed by atoms with van der Waals surface area (Å²) in [5.74, 6) is -0.417. The standard InChI is InChI=1S/C24H18ClN3O5/c25-19-9-6-16(7-10-19)14-27-23(29)20(26-24(27)30)12-18-8-11-22(21(13-18)28(31)32)33-15-17-4-2-1-3-5-17/h1-13H,14-15H2,(H,26,30)/b20-12-. The maximum Gasteiger partial charge on any atom is 0.329 e. The zero-order chi connectivity index (χ0) is 23.4. The highest BCUT2D eigenvalue weighted by Gasteiger charge is 2.33. The smallest absolute Gasteiger partial charge is 0.329 e. The number of carbonyl (C=O) groups excluding carboxylic acids is 2. The average Bonchev–Trinajstić information content (AvgIpc) is 3.07. The second kappa shape index (κ2) is 9.54. The third-order valence-corrected chi connectivity index (χ3v) is 5.20. The normalized spacial score (nSPS) is 14.5. The first-order valence-electron chi connectivity index (χ1n) is 9.95. The van der Waals surface area contributed by atoms with Crippen molar-refractivity contribution < 1.29 is 19.2 Å². The summed E-state index contributed by atoms with van der Waals surface area (Å²) in [6, 6.07) is 19.9. The van der Waals surface area contributed by atoms with E-state index in [0.29, 0.717) is 10.6 Å².